The van der Waals surface area contributed by atoms with Crippen LogP contribution in [-0.4, -0.2) is 66.0 Å². The van der Waals surface area contributed by atoms with Gasteiger partial charge in [0.25, 0.3) is 5.91 Å². The van der Waals surface area contributed by atoms with Crippen molar-refractivity contribution in [2.45, 2.75) is 25.8 Å². The first kappa shape index (κ1) is 21.7. The summed E-state index contributed by atoms with van der Waals surface area (Å²) in [5.74, 6) is 0.836. The van der Waals surface area contributed by atoms with Crippen molar-refractivity contribution in [3.05, 3.63) is 57.8 Å². The molecule has 7 nitrogen and oxygen atoms in total. The first-order valence-electron chi connectivity index (χ1n) is 11.4. The largest absolute Gasteiger partial charge is 0.378 e. The molecule has 1 aromatic carbocycles. The number of aliphatic imine (C=N–C) groups is 1. The van der Waals surface area contributed by atoms with Crippen molar-refractivity contribution in [1.29, 1.82) is 5.26 Å². The smallest absolute Gasteiger partial charge is 0.257 e. The number of ether oxygens (including phenoxy) is 1. The molecule has 0 N–H and O–H groups in total. The van der Waals surface area contributed by atoms with Crippen LogP contribution in [0.1, 0.15) is 45.6 Å². The van der Waals surface area contributed by atoms with Crippen LogP contribution in [0.25, 0.3) is 5.70 Å². The van der Waals surface area contributed by atoms with Crippen LogP contribution in [0.2, 0.25) is 0 Å². The maximum absolute atomic E-state index is 13.3. The zero-order valence-electron chi connectivity index (χ0n) is 18.6. The number of morpholine rings is 1. The fraction of sp³-hybridized carbons (Fsp3) is 0.400. The van der Waals surface area contributed by atoms with Gasteiger partial charge in [-0.15, -0.1) is 11.3 Å². The molecule has 0 aliphatic carbocycles. The molecule has 2 saturated heterocycles. The molecule has 5 rings (SSSR count). The van der Waals surface area contributed by atoms with Crippen LogP contribution in [0.3, 0.4) is 0 Å². The lowest BCUT2D eigenvalue weighted by atomic mass is 10.1. The van der Waals surface area contributed by atoms with Crippen LogP contribution < -0.4 is 0 Å². The highest BCUT2D eigenvalue weighted by Gasteiger charge is 2.34. The van der Waals surface area contributed by atoms with Crippen molar-refractivity contribution in [3.8, 4) is 6.07 Å². The molecule has 170 valence electrons. The second-order valence-electron chi connectivity index (χ2n) is 8.49. The highest BCUT2D eigenvalue weighted by atomic mass is 32.1. The first-order valence-corrected chi connectivity index (χ1v) is 12.3. The minimum Gasteiger partial charge on any atom is -0.378 e. The van der Waals surface area contributed by atoms with Crippen molar-refractivity contribution < 1.29 is 9.53 Å². The molecule has 3 aliphatic rings. The minimum atomic E-state index is 0.00798. The summed E-state index contributed by atoms with van der Waals surface area (Å²) >= 11 is 1.51. The number of likely N-dealkylation sites (tertiary alicyclic amines) is 1. The van der Waals surface area contributed by atoms with Gasteiger partial charge in [0.05, 0.1) is 53.2 Å². The third-order valence-corrected chi connectivity index (χ3v) is 7.46. The van der Waals surface area contributed by atoms with Crippen molar-refractivity contribution in [3.63, 3.8) is 0 Å². The zero-order valence-corrected chi connectivity index (χ0v) is 19.4. The third-order valence-electron chi connectivity index (χ3n) is 6.44. The molecule has 0 bridgehead atoms. The van der Waals surface area contributed by atoms with E-state index < -0.39 is 0 Å². The lowest BCUT2D eigenvalue weighted by Crippen LogP contribution is -2.46. The molecule has 0 spiro atoms. The monoisotopic (exact) mass is 461 g/mol. The number of thiophene rings is 1. The zero-order chi connectivity index (χ0) is 22.8. The van der Waals surface area contributed by atoms with Gasteiger partial charge < -0.3 is 19.4 Å². The van der Waals surface area contributed by atoms with Crippen LogP contribution in [0.15, 0.2) is 41.2 Å². The predicted octanol–water partition coefficient (Wildman–Crippen LogP) is 4.05. The van der Waals surface area contributed by atoms with Gasteiger partial charge in [-0.2, -0.15) is 5.26 Å². The highest BCUT2D eigenvalue weighted by molar-refractivity contribution is 7.12. The van der Waals surface area contributed by atoms with Gasteiger partial charge >= 0.3 is 0 Å². The predicted molar refractivity (Wildman–Crippen MR) is 129 cm³/mol. The van der Waals surface area contributed by atoms with E-state index in [1.165, 1.54) is 17.8 Å². The lowest BCUT2D eigenvalue weighted by molar-refractivity contribution is 0.0304. The van der Waals surface area contributed by atoms with E-state index in [2.05, 4.69) is 22.4 Å². The van der Waals surface area contributed by atoms with E-state index in [4.69, 9.17) is 9.73 Å². The Morgan fingerprint density at radius 1 is 1.15 bits per heavy atom. The number of rotatable bonds is 3. The van der Waals surface area contributed by atoms with E-state index in [1.54, 1.807) is 0 Å². The second-order valence-corrected chi connectivity index (χ2v) is 9.37. The Bertz CT molecular complexity index is 1140. The summed E-state index contributed by atoms with van der Waals surface area (Å²) in [5, 5.41) is 11.5. The Kier molecular flexibility index (Phi) is 6.16. The molecule has 1 amide bonds. The fourth-order valence-electron chi connectivity index (χ4n) is 4.60. The molecule has 1 aromatic heterocycles. The molecule has 2 fully saturated rings. The number of fused-ring (bicyclic) bond motifs is 1. The molecule has 8 heteroatoms. The van der Waals surface area contributed by atoms with Gasteiger partial charge in [0.2, 0.25) is 5.96 Å². The van der Waals surface area contributed by atoms with Crippen molar-refractivity contribution in [2.24, 2.45) is 4.99 Å². The highest BCUT2D eigenvalue weighted by Crippen LogP contribution is 2.42. The average Bonchev–Trinajstić information content (AvgIpc) is 3.30. The Morgan fingerprint density at radius 2 is 1.91 bits per heavy atom. The van der Waals surface area contributed by atoms with Crippen molar-refractivity contribution in [1.82, 2.24) is 14.7 Å². The van der Waals surface area contributed by atoms with Gasteiger partial charge in [-0.05, 0) is 30.9 Å². The van der Waals surface area contributed by atoms with E-state index in [0.29, 0.717) is 44.0 Å². The van der Waals surface area contributed by atoms with Crippen LogP contribution in [0.5, 0.6) is 0 Å². The summed E-state index contributed by atoms with van der Waals surface area (Å²) in [7, 11) is 0. The third kappa shape index (κ3) is 4.14. The normalized spacial score (nSPS) is 18.6. The summed E-state index contributed by atoms with van der Waals surface area (Å²) in [6.45, 7) is 9.13. The van der Waals surface area contributed by atoms with Gasteiger partial charge in [-0.25, -0.2) is 4.99 Å². The van der Waals surface area contributed by atoms with Gasteiger partial charge in [0.15, 0.2) is 0 Å². The number of benzene rings is 1. The Hall–Kier alpha value is -3.15. The number of hydrogen-bond acceptors (Lipinski definition) is 7. The number of nitrogens with zero attached hydrogens (tertiary/aromatic N) is 5. The maximum Gasteiger partial charge on any atom is 0.257 e. The molecular formula is C25H27N5O2S. The summed E-state index contributed by atoms with van der Waals surface area (Å²) in [6.07, 6.45) is 3.45. The Morgan fingerprint density at radius 3 is 2.67 bits per heavy atom. The summed E-state index contributed by atoms with van der Waals surface area (Å²) in [4.78, 5) is 25.6. The number of guanidine groups is 1. The second kappa shape index (κ2) is 9.38. The molecule has 33 heavy (non-hydrogen) atoms. The molecule has 0 radical (unpaired) electrons. The first-order chi connectivity index (χ1) is 16.2. The lowest BCUT2D eigenvalue weighted by Gasteiger charge is -2.39. The van der Waals surface area contributed by atoms with E-state index in [1.807, 2.05) is 34.5 Å². The van der Waals surface area contributed by atoms with Crippen molar-refractivity contribution in [2.75, 3.05) is 39.4 Å². The number of amides is 1. The Balaban J connectivity index is 1.53. The number of carbonyl (C=O) groups is 1. The van der Waals surface area contributed by atoms with Crippen LogP contribution in [0, 0.1) is 11.3 Å². The standard InChI is InChI=1S/C25H27N5O2S/c1-18-23-22(21(17-33-23)24(31)28-11-13-32-14-12-28)27-25(29-9-5-2-6-10-29)30(18)16-20-8-4-3-7-19(20)15-26/h3-4,7-8,17H,1-2,5-6,9-14,16H2. The summed E-state index contributed by atoms with van der Waals surface area (Å²) in [5.41, 5.74) is 3.80. The quantitative estimate of drug-likeness (QED) is 0.690. The van der Waals surface area contributed by atoms with Gasteiger partial charge in [-0.3, -0.25) is 4.79 Å². The van der Waals surface area contributed by atoms with Crippen molar-refractivity contribution >= 4 is 34.6 Å². The number of hydrogen-bond donors (Lipinski definition) is 0. The molecular weight excluding hydrogens is 434 g/mol. The van der Waals surface area contributed by atoms with E-state index in [-0.39, 0.29) is 5.91 Å². The van der Waals surface area contributed by atoms with Gasteiger partial charge in [0.1, 0.15) is 0 Å². The molecule has 3 aliphatic heterocycles. The molecule has 0 atom stereocenters. The van der Waals surface area contributed by atoms with E-state index in [9.17, 15) is 10.1 Å². The molecule has 0 saturated carbocycles. The number of nitriles is 1. The average molecular weight is 462 g/mol. The van der Waals surface area contributed by atoms with E-state index in [0.717, 1.165) is 53.7 Å². The Labute approximate surface area is 198 Å². The summed E-state index contributed by atoms with van der Waals surface area (Å²) in [6, 6.07) is 9.96. The SMILES string of the molecule is C=C1c2scc(C(=O)N3CCOCC3)c2N=C(N2CCCCC2)N1Cc1ccccc1C#N. The van der Waals surface area contributed by atoms with Crippen LogP contribution >= 0.6 is 11.3 Å². The van der Waals surface area contributed by atoms with Gasteiger partial charge in [-0.1, -0.05) is 24.8 Å². The molecule has 2 aromatic rings. The summed E-state index contributed by atoms with van der Waals surface area (Å²) < 4.78 is 5.41. The van der Waals surface area contributed by atoms with Crippen LogP contribution in [-0.2, 0) is 11.3 Å². The number of piperidine rings is 1. The topological polar surface area (TPSA) is 72.2 Å². The van der Waals surface area contributed by atoms with E-state index >= 15 is 0 Å². The number of carbonyl (C=O) groups excluding carboxylic acids is 1. The van der Waals surface area contributed by atoms with Gasteiger partial charge in [0, 0.05) is 31.6 Å². The fourth-order valence-corrected chi connectivity index (χ4v) is 5.56. The minimum absolute atomic E-state index is 0.00798. The maximum atomic E-state index is 13.3. The molecule has 0 unspecified atom stereocenters. The van der Waals surface area contributed by atoms with Crippen LogP contribution in [0.4, 0.5) is 5.69 Å². The molecule has 4 heterocycles.